The monoisotopic (exact) mass is 400 g/mol. The fourth-order valence-corrected chi connectivity index (χ4v) is 4.23. The fraction of sp³-hybridized carbons (Fsp3) is 0.250. The van der Waals surface area contributed by atoms with Crippen molar-refractivity contribution in [3.8, 4) is 5.75 Å². The molecule has 2 saturated heterocycles. The molecule has 3 N–H and O–H groups in total. The molecule has 0 unspecified atom stereocenters. The molecule has 0 saturated carbocycles. The molecule has 4 atom stereocenters. The lowest BCUT2D eigenvalue weighted by Crippen LogP contribution is -2.43. The van der Waals surface area contributed by atoms with Crippen molar-refractivity contribution < 1.29 is 24.6 Å². The summed E-state index contributed by atoms with van der Waals surface area (Å²) in [6.45, 7) is 1.88. The molecule has 4 rings (SSSR count). The first-order valence-corrected chi connectivity index (χ1v) is 9.09. The van der Waals surface area contributed by atoms with Crippen LogP contribution in [0.3, 0.4) is 0 Å². The van der Waals surface area contributed by atoms with E-state index in [4.69, 9.17) is 11.6 Å². The molecule has 2 fully saturated rings. The number of aliphatic carboxylic acids is 1. The Bertz CT molecular complexity index is 991. The van der Waals surface area contributed by atoms with Gasteiger partial charge in [0.15, 0.2) is 0 Å². The van der Waals surface area contributed by atoms with Crippen molar-refractivity contribution in [2.45, 2.75) is 19.0 Å². The summed E-state index contributed by atoms with van der Waals surface area (Å²) < 4.78 is 0. The van der Waals surface area contributed by atoms with E-state index in [2.05, 4.69) is 5.32 Å². The van der Waals surface area contributed by atoms with Gasteiger partial charge in [0.25, 0.3) is 0 Å². The number of imide groups is 1. The number of fused-ring (bicyclic) bond motifs is 1. The van der Waals surface area contributed by atoms with Crippen LogP contribution in [0.1, 0.15) is 17.2 Å². The van der Waals surface area contributed by atoms with E-state index in [1.54, 1.807) is 24.3 Å². The van der Waals surface area contributed by atoms with Gasteiger partial charge in [0.05, 0.1) is 17.5 Å². The van der Waals surface area contributed by atoms with E-state index in [0.29, 0.717) is 10.7 Å². The summed E-state index contributed by atoms with van der Waals surface area (Å²) in [5.74, 6) is -4.46. The van der Waals surface area contributed by atoms with Crippen LogP contribution in [0.2, 0.25) is 5.02 Å². The van der Waals surface area contributed by atoms with E-state index < -0.39 is 41.7 Å². The Morgan fingerprint density at radius 1 is 1.07 bits per heavy atom. The van der Waals surface area contributed by atoms with Crippen molar-refractivity contribution in [1.82, 2.24) is 5.32 Å². The first kappa shape index (κ1) is 18.5. The summed E-state index contributed by atoms with van der Waals surface area (Å²) in [6, 6.07) is 9.10. The van der Waals surface area contributed by atoms with Crippen LogP contribution in [0.15, 0.2) is 42.5 Å². The molecule has 2 aliphatic heterocycles. The highest BCUT2D eigenvalue weighted by Crippen LogP contribution is 2.47. The molecule has 0 aromatic heterocycles. The van der Waals surface area contributed by atoms with Gasteiger partial charge in [-0.05, 0) is 37.3 Å². The molecule has 2 aromatic rings. The molecular weight excluding hydrogens is 384 g/mol. The Hall–Kier alpha value is -2.90. The summed E-state index contributed by atoms with van der Waals surface area (Å²) in [5.41, 5.74) is 1.65. The number of carbonyl (C=O) groups excluding carboxylic acids is 2. The SMILES string of the molecule is Cc1ccc(N2C(=O)[C@@H]3[C@H](C2=O)[C@H](C(=O)O)N[C@@H]3c2cc(Cl)ccc2O)cc1. The van der Waals surface area contributed by atoms with Gasteiger partial charge in [-0.1, -0.05) is 29.3 Å². The van der Waals surface area contributed by atoms with Gasteiger partial charge < -0.3 is 10.2 Å². The molecule has 0 spiro atoms. The third-order valence-electron chi connectivity index (χ3n) is 5.36. The number of anilines is 1. The summed E-state index contributed by atoms with van der Waals surface area (Å²) in [5, 5.41) is 23.0. The third-order valence-corrected chi connectivity index (χ3v) is 5.59. The first-order valence-electron chi connectivity index (χ1n) is 8.71. The van der Waals surface area contributed by atoms with Crippen molar-refractivity contribution in [2.75, 3.05) is 4.90 Å². The third kappa shape index (κ3) is 2.75. The Morgan fingerprint density at radius 3 is 2.36 bits per heavy atom. The second kappa shape index (κ2) is 6.61. The maximum Gasteiger partial charge on any atom is 0.321 e. The van der Waals surface area contributed by atoms with Gasteiger partial charge in [-0.2, -0.15) is 0 Å². The minimum atomic E-state index is -1.25. The molecule has 8 heteroatoms. The predicted molar refractivity (Wildman–Crippen MR) is 101 cm³/mol. The van der Waals surface area contributed by atoms with Crippen molar-refractivity contribution in [3.05, 3.63) is 58.6 Å². The van der Waals surface area contributed by atoms with E-state index in [9.17, 15) is 24.6 Å². The molecule has 144 valence electrons. The summed E-state index contributed by atoms with van der Waals surface area (Å²) in [6.07, 6.45) is 0. The number of carboxylic acid groups (broad SMARTS) is 1. The molecule has 2 aromatic carbocycles. The largest absolute Gasteiger partial charge is 0.508 e. The second-order valence-electron chi connectivity index (χ2n) is 7.06. The normalized spacial score (nSPS) is 26.6. The Morgan fingerprint density at radius 2 is 1.71 bits per heavy atom. The number of hydrogen-bond donors (Lipinski definition) is 3. The number of aryl methyl sites for hydroxylation is 1. The molecule has 2 heterocycles. The van der Waals surface area contributed by atoms with Crippen LogP contribution in [0, 0.1) is 18.8 Å². The van der Waals surface area contributed by atoms with Crippen LogP contribution in [0.4, 0.5) is 5.69 Å². The van der Waals surface area contributed by atoms with Crippen LogP contribution >= 0.6 is 11.6 Å². The number of benzene rings is 2. The molecule has 0 radical (unpaired) electrons. The first-order chi connectivity index (χ1) is 13.3. The summed E-state index contributed by atoms with van der Waals surface area (Å²) in [7, 11) is 0. The molecule has 7 nitrogen and oxygen atoms in total. The summed E-state index contributed by atoms with van der Waals surface area (Å²) in [4.78, 5) is 39.0. The zero-order valence-electron chi connectivity index (χ0n) is 14.8. The van der Waals surface area contributed by atoms with Crippen molar-refractivity contribution >= 4 is 35.1 Å². The quantitative estimate of drug-likeness (QED) is 0.682. The molecule has 0 aliphatic carbocycles. The maximum absolute atomic E-state index is 13.2. The fourth-order valence-electron chi connectivity index (χ4n) is 4.05. The topological polar surface area (TPSA) is 107 Å². The molecule has 28 heavy (non-hydrogen) atoms. The van der Waals surface area contributed by atoms with Gasteiger partial charge in [0.2, 0.25) is 11.8 Å². The van der Waals surface area contributed by atoms with E-state index in [-0.39, 0.29) is 11.3 Å². The standard InChI is InChI=1S/C20H17ClN2O5/c1-9-2-5-11(6-3-9)23-18(25)14-15(19(23)26)17(20(27)28)22-16(14)12-8-10(21)4-7-13(12)24/h2-8,14-17,22,24H,1H3,(H,27,28)/t14-,15+,16-,17-/m1/s1. The van der Waals surface area contributed by atoms with Crippen molar-refractivity contribution in [2.24, 2.45) is 11.8 Å². The van der Waals surface area contributed by atoms with Crippen molar-refractivity contribution in [3.63, 3.8) is 0 Å². The number of carbonyl (C=O) groups is 3. The number of rotatable bonds is 3. The van der Waals surface area contributed by atoms with Gasteiger partial charge in [0.1, 0.15) is 11.8 Å². The number of carboxylic acids is 1. The minimum absolute atomic E-state index is 0.124. The predicted octanol–water partition coefficient (Wildman–Crippen LogP) is 2.26. The average Bonchev–Trinajstić information content (AvgIpc) is 3.16. The number of halogens is 1. The van der Waals surface area contributed by atoms with Crippen LogP contribution in [0.5, 0.6) is 5.75 Å². The lowest BCUT2D eigenvalue weighted by molar-refractivity contribution is -0.142. The zero-order valence-corrected chi connectivity index (χ0v) is 15.6. The van der Waals surface area contributed by atoms with E-state index in [1.807, 2.05) is 6.92 Å². The molecule has 2 aliphatic rings. The van der Waals surface area contributed by atoms with Crippen molar-refractivity contribution in [1.29, 1.82) is 0 Å². The molecule has 2 amide bonds. The number of phenols is 1. The van der Waals surface area contributed by atoms with E-state index in [1.165, 1.54) is 18.2 Å². The average molecular weight is 401 g/mol. The lowest BCUT2D eigenvalue weighted by Gasteiger charge is -2.22. The Labute approximate surface area is 165 Å². The summed E-state index contributed by atoms with van der Waals surface area (Å²) >= 11 is 6.02. The van der Waals surface area contributed by atoms with Gasteiger partial charge in [-0.25, -0.2) is 4.90 Å². The van der Waals surface area contributed by atoms with Crippen LogP contribution in [-0.2, 0) is 14.4 Å². The zero-order chi connectivity index (χ0) is 20.2. The minimum Gasteiger partial charge on any atom is -0.508 e. The smallest absolute Gasteiger partial charge is 0.321 e. The van der Waals surface area contributed by atoms with E-state index in [0.717, 1.165) is 10.5 Å². The number of nitrogens with zero attached hydrogens (tertiary/aromatic N) is 1. The Kier molecular flexibility index (Phi) is 4.36. The highest BCUT2D eigenvalue weighted by atomic mass is 35.5. The number of amides is 2. The van der Waals surface area contributed by atoms with Crippen LogP contribution < -0.4 is 10.2 Å². The second-order valence-corrected chi connectivity index (χ2v) is 7.50. The number of nitrogens with one attached hydrogen (secondary N) is 1. The lowest BCUT2D eigenvalue weighted by atomic mass is 9.86. The Balaban J connectivity index is 1.80. The highest BCUT2D eigenvalue weighted by Gasteiger charge is 2.61. The van der Waals surface area contributed by atoms with Gasteiger partial charge in [-0.3, -0.25) is 19.7 Å². The number of phenolic OH excluding ortho intramolecular Hbond substituents is 1. The van der Waals surface area contributed by atoms with E-state index >= 15 is 0 Å². The van der Waals surface area contributed by atoms with Gasteiger partial charge in [-0.15, -0.1) is 0 Å². The van der Waals surface area contributed by atoms with Gasteiger partial charge in [0, 0.05) is 16.6 Å². The maximum atomic E-state index is 13.2. The van der Waals surface area contributed by atoms with Crippen LogP contribution in [0.25, 0.3) is 0 Å². The van der Waals surface area contributed by atoms with Gasteiger partial charge >= 0.3 is 5.97 Å². The molecule has 0 bridgehead atoms. The number of aromatic hydroxyl groups is 1. The number of hydrogen-bond acceptors (Lipinski definition) is 5. The highest BCUT2D eigenvalue weighted by molar-refractivity contribution is 6.30. The molecular formula is C20H17ClN2O5. The van der Waals surface area contributed by atoms with Crippen LogP contribution in [-0.4, -0.2) is 34.0 Å².